The van der Waals surface area contributed by atoms with Gasteiger partial charge in [0, 0.05) is 44.8 Å². The van der Waals surface area contributed by atoms with E-state index in [-0.39, 0.29) is 11.7 Å². The summed E-state index contributed by atoms with van der Waals surface area (Å²) < 4.78 is 26.3. The van der Waals surface area contributed by atoms with Crippen molar-refractivity contribution >= 4 is 11.7 Å². The maximum Gasteiger partial charge on any atom is 0.319 e. The summed E-state index contributed by atoms with van der Waals surface area (Å²) in [4.78, 5) is 16.4. The Morgan fingerprint density at radius 3 is 2.59 bits per heavy atom. The van der Waals surface area contributed by atoms with E-state index in [0.717, 1.165) is 44.9 Å². The highest BCUT2D eigenvalue weighted by molar-refractivity contribution is 5.89. The molecule has 1 heterocycles. The topological polar surface area (TPSA) is 47.6 Å². The minimum absolute atomic E-state index is 0.0364. The SMILES string of the molecule is CC(CN1CCN(C)CC1)NC(=O)Nc1ccc(F)cc1F. The van der Waals surface area contributed by atoms with Gasteiger partial charge in [-0.2, -0.15) is 0 Å². The van der Waals surface area contributed by atoms with Crippen LogP contribution in [0.1, 0.15) is 6.92 Å². The Bertz CT molecular complexity index is 518. The average Bonchev–Trinajstić information content (AvgIpc) is 2.44. The van der Waals surface area contributed by atoms with E-state index in [0.29, 0.717) is 0 Å². The van der Waals surface area contributed by atoms with Crippen LogP contribution in [0.3, 0.4) is 0 Å². The lowest BCUT2D eigenvalue weighted by Crippen LogP contribution is -2.50. The summed E-state index contributed by atoms with van der Waals surface area (Å²) in [7, 11) is 2.09. The van der Waals surface area contributed by atoms with Gasteiger partial charge in [-0.1, -0.05) is 0 Å². The van der Waals surface area contributed by atoms with Gasteiger partial charge in [0.25, 0.3) is 0 Å². The fourth-order valence-electron chi connectivity index (χ4n) is 2.44. The summed E-state index contributed by atoms with van der Waals surface area (Å²) in [5.74, 6) is -1.46. The number of carbonyl (C=O) groups excluding carboxylic acids is 1. The zero-order valence-electron chi connectivity index (χ0n) is 12.9. The van der Waals surface area contributed by atoms with Gasteiger partial charge in [-0.25, -0.2) is 13.6 Å². The van der Waals surface area contributed by atoms with E-state index < -0.39 is 17.7 Å². The van der Waals surface area contributed by atoms with Crippen LogP contribution in [0.5, 0.6) is 0 Å². The van der Waals surface area contributed by atoms with Gasteiger partial charge in [0.05, 0.1) is 5.69 Å². The van der Waals surface area contributed by atoms with Gasteiger partial charge in [-0.15, -0.1) is 0 Å². The van der Waals surface area contributed by atoms with E-state index in [1.54, 1.807) is 0 Å². The third-order valence-electron chi connectivity index (χ3n) is 3.68. The monoisotopic (exact) mass is 312 g/mol. The highest BCUT2D eigenvalue weighted by Crippen LogP contribution is 2.14. The number of amides is 2. The summed E-state index contributed by atoms with van der Waals surface area (Å²) in [6.07, 6.45) is 0. The maximum atomic E-state index is 13.5. The van der Waals surface area contributed by atoms with Crippen molar-refractivity contribution in [2.45, 2.75) is 13.0 Å². The summed E-state index contributed by atoms with van der Waals surface area (Å²) in [6, 6.07) is 2.49. The number of hydrogen-bond donors (Lipinski definition) is 2. The minimum Gasteiger partial charge on any atom is -0.334 e. The summed E-state index contributed by atoms with van der Waals surface area (Å²) >= 11 is 0. The summed E-state index contributed by atoms with van der Waals surface area (Å²) in [5.41, 5.74) is -0.0364. The third kappa shape index (κ3) is 4.92. The van der Waals surface area contributed by atoms with Crippen molar-refractivity contribution in [1.29, 1.82) is 0 Å². The molecular weight excluding hydrogens is 290 g/mol. The Kier molecular flexibility index (Phi) is 5.68. The first-order valence-electron chi connectivity index (χ1n) is 7.37. The van der Waals surface area contributed by atoms with Crippen molar-refractivity contribution in [1.82, 2.24) is 15.1 Å². The molecule has 1 aromatic rings. The Labute approximate surface area is 129 Å². The third-order valence-corrected chi connectivity index (χ3v) is 3.68. The lowest BCUT2D eigenvalue weighted by atomic mass is 10.2. The first-order chi connectivity index (χ1) is 10.4. The van der Waals surface area contributed by atoms with Crippen LogP contribution in [-0.4, -0.2) is 61.6 Å². The molecule has 0 spiro atoms. The van der Waals surface area contributed by atoms with Crippen molar-refractivity contribution in [3.63, 3.8) is 0 Å². The number of likely N-dealkylation sites (N-methyl/N-ethyl adjacent to an activating group) is 1. The van der Waals surface area contributed by atoms with Gasteiger partial charge in [0.2, 0.25) is 0 Å². The molecule has 5 nitrogen and oxygen atoms in total. The zero-order chi connectivity index (χ0) is 16.1. The molecule has 1 fully saturated rings. The molecule has 0 radical (unpaired) electrons. The number of rotatable bonds is 4. The number of halogens is 2. The summed E-state index contributed by atoms with van der Waals surface area (Å²) in [5, 5.41) is 5.16. The van der Waals surface area contributed by atoms with Crippen molar-refractivity contribution in [3.05, 3.63) is 29.8 Å². The molecule has 1 aliphatic rings. The first kappa shape index (κ1) is 16.6. The van der Waals surface area contributed by atoms with Gasteiger partial charge in [-0.05, 0) is 26.1 Å². The fourth-order valence-corrected chi connectivity index (χ4v) is 2.44. The molecule has 1 saturated heterocycles. The second kappa shape index (κ2) is 7.51. The predicted octanol–water partition coefficient (Wildman–Crippen LogP) is 1.72. The second-order valence-corrected chi connectivity index (χ2v) is 5.73. The van der Waals surface area contributed by atoms with Crippen molar-refractivity contribution in [3.8, 4) is 0 Å². The highest BCUT2D eigenvalue weighted by atomic mass is 19.1. The molecule has 1 aromatic carbocycles. The Hall–Kier alpha value is -1.73. The van der Waals surface area contributed by atoms with E-state index in [4.69, 9.17) is 0 Å². The van der Waals surface area contributed by atoms with Gasteiger partial charge in [-0.3, -0.25) is 4.90 Å². The van der Waals surface area contributed by atoms with Crippen LogP contribution in [0.4, 0.5) is 19.3 Å². The largest absolute Gasteiger partial charge is 0.334 e. The molecule has 0 aromatic heterocycles. The minimum atomic E-state index is -0.790. The normalized spacial score (nSPS) is 18.0. The molecule has 22 heavy (non-hydrogen) atoms. The second-order valence-electron chi connectivity index (χ2n) is 5.73. The number of nitrogens with zero attached hydrogens (tertiary/aromatic N) is 2. The lowest BCUT2D eigenvalue weighted by molar-refractivity contribution is 0.145. The molecule has 7 heteroatoms. The smallest absolute Gasteiger partial charge is 0.319 e. The summed E-state index contributed by atoms with van der Waals surface area (Å²) in [6.45, 7) is 6.61. The van der Waals surface area contributed by atoms with Crippen LogP contribution >= 0.6 is 0 Å². The number of carbonyl (C=O) groups is 1. The van der Waals surface area contributed by atoms with E-state index in [1.807, 2.05) is 6.92 Å². The van der Waals surface area contributed by atoms with Crippen molar-refractivity contribution in [2.75, 3.05) is 45.1 Å². The van der Waals surface area contributed by atoms with Crippen LogP contribution in [-0.2, 0) is 0 Å². The van der Waals surface area contributed by atoms with Crippen molar-refractivity contribution in [2.24, 2.45) is 0 Å². The molecule has 1 aliphatic heterocycles. The quantitative estimate of drug-likeness (QED) is 0.890. The molecule has 0 aliphatic carbocycles. The lowest BCUT2D eigenvalue weighted by Gasteiger charge is -2.34. The molecule has 2 rings (SSSR count). The fraction of sp³-hybridized carbons (Fsp3) is 0.533. The van der Waals surface area contributed by atoms with Crippen LogP contribution in [0.2, 0.25) is 0 Å². The first-order valence-corrected chi connectivity index (χ1v) is 7.37. The van der Waals surface area contributed by atoms with Crippen LogP contribution in [0.15, 0.2) is 18.2 Å². The predicted molar refractivity (Wildman–Crippen MR) is 81.9 cm³/mol. The molecule has 0 saturated carbocycles. The molecule has 2 N–H and O–H groups in total. The van der Waals surface area contributed by atoms with E-state index in [9.17, 15) is 13.6 Å². The van der Waals surface area contributed by atoms with Gasteiger partial charge < -0.3 is 15.5 Å². The number of hydrogen-bond acceptors (Lipinski definition) is 3. The average molecular weight is 312 g/mol. The Morgan fingerprint density at radius 2 is 1.95 bits per heavy atom. The van der Waals surface area contributed by atoms with E-state index in [1.165, 1.54) is 6.07 Å². The molecule has 122 valence electrons. The van der Waals surface area contributed by atoms with Gasteiger partial charge in [0.15, 0.2) is 0 Å². The van der Waals surface area contributed by atoms with Crippen LogP contribution < -0.4 is 10.6 Å². The van der Waals surface area contributed by atoms with Crippen LogP contribution in [0.25, 0.3) is 0 Å². The highest BCUT2D eigenvalue weighted by Gasteiger charge is 2.17. The molecule has 1 atom stereocenters. The van der Waals surface area contributed by atoms with Gasteiger partial charge in [0.1, 0.15) is 11.6 Å². The number of piperazine rings is 1. The molecule has 0 bridgehead atoms. The van der Waals surface area contributed by atoms with E-state index >= 15 is 0 Å². The molecule has 1 unspecified atom stereocenters. The zero-order valence-corrected chi connectivity index (χ0v) is 12.9. The maximum absolute atomic E-state index is 13.5. The number of anilines is 1. The Balaban J connectivity index is 1.78. The Morgan fingerprint density at radius 1 is 1.27 bits per heavy atom. The van der Waals surface area contributed by atoms with Crippen molar-refractivity contribution < 1.29 is 13.6 Å². The number of nitrogens with one attached hydrogen (secondary N) is 2. The van der Waals surface area contributed by atoms with Gasteiger partial charge >= 0.3 is 6.03 Å². The molecule has 2 amide bonds. The number of benzene rings is 1. The van der Waals surface area contributed by atoms with E-state index in [2.05, 4.69) is 27.5 Å². The number of urea groups is 1. The molecular formula is C15H22F2N4O. The standard InChI is InChI=1S/C15H22F2N4O/c1-11(10-21-7-5-20(2)6-8-21)18-15(22)19-14-4-3-12(16)9-13(14)17/h3-4,9,11H,5-8,10H2,1-2H3,(H2,18,19,22). The van der Waals surface area contributed by atoms with Crippen LogP contribution in [0, 0.1) is 11.6 Å².